The zero-order valence-electron chi connectivity index (χ0n) is 22.6. The van der Waals surface area contributed by atoms with E-state index in [4.69, 9.17) is 4.65 Å². The second kappa shape index (κ2) is 10.4. The molecule has 2 N–H and O–H groups in total. The van der Waals surface area contributed by atoms with E-state index < -0.39 is 7.12 Å². The van der Waals surface area contributed by atoms with Gasteiger partial charge in [0, 0.05) is 6.04 Å². The largest absolute Gasteiger partial charge is 0.507 e. The van der Waals surface area contributed by atoms with Crippen molar-refractivity contribution in [1.29, 1.82) is 0 Å². The van der Waals surface area contributed by atoms with Gasteiger partial charge in [-0.2, -0.15) is 0 Å². The van der Waals surface area contributed by atoms with Crippen molar-refractivity contribution < 1.29 is 24.4 Å². The summed E-state index contributed by atoms with van der Waals surface area (Å²) in [5.41, 5.74) is 6.25. The summed E-state index contributed by atoms with van der Waals surface area (Å²) in [6.07, 6.45) is 9.54. The lowest BCUT2D eigenvalue weighted by molar-refractivity contribution is -0.143. The van der Waals surface area contributed by atoms with E-state index in [1.165, 1.54) is 12.0 Å². The van der Waals surface area contributed by atoms with Crippen molar-refractivity contribution in [3.8, 4) is 5.75 Å². The van der Waals surface area contributed by atoms with Crippen LogP contribution in [0.1, 0.15) is 81.9 Å². The quantitative estimate of drug-likeness (QED) is 0.321. The number of carbonyl (C=O) groups excluding carboxylic acids is 2. The average molecular weight is 505 g/mol. The molecular weight excluding hydrogens is 465 g/mol. The van der Waals surface area contributed by atoms with Crippen LogP contribution in [-0.4, -0.2) is 46.1 Å². The van der Waals surface area contributed by atoms with Gasteiger partial charge in [-0.05, 0) is 106 Å². The first kappa shape index (κ1) is 26.2. The maximum Gasteiger partial charge on any atom is 0.455 e. The fourth-order valence-corrected chi connectivity index (χ4v) is 7.43. The molecule has 2 amide bonds. The Kier molecular flexibility index (Phi) is 7.39. The molecule has 0 unspecified atom stereocenters. The molecule has 4 aliphatic rings. The topological polar surface area (TPSA) is 87.1 Å². The van der Waals surface area contributed by atoms with Gasteiger partial charge in [0.2, 0.25) is 11.8 Å². The fraction of sp³-hybridized carbons (Fsp3) is 0.600. The number of amides is 2. The van der Waals surface area contributed by atoms with E-state index in [1.54, 1.807) is 4.90 Å². The predicted octanol–water partition coefficient (Wildman–Crippen LogP) is 5.34. The van der Waals surface area contributed by atoms with Gasteiger partial charge < -0.3 is 14.8 Å². The lowest BCUT2D eigenvalue weighted by Crippen LogP contribution is -2.46. The number of aromatic hydroxyl groups is 1. The Morgan fingerprint density at radius 2 is 1.76 bits per heavy atom. The lowest BCUT2D eigenvalue weighted by atomic mass is 9.59. The van der Waals surface area contributed by atoms with Crippen LogP contribution in [0.4, 0.5) is 0 Å². The smallest absolute Gasteiger partial charge is 0.455 e. The fourth-order valence-electron chi connectivity index (χ4n) is 7.43. The third kappa shape index (κ3) is 4.93. The van der Waals surface area contributed by atoms with Crippen molar-refractivity contribution in [2.24, 2.45) is 17.8 Å². The van der Waals surface area contributed by atoms with Gasteiger partial charge in [0.1, 0.15) is 5.75 Å². The Hall–Kier alpha value is -2.38. The number of benzene rings is 1. The van der Waals surface area contributed by atoms with Crippen molar-refractivity contribution >= 4 is 25.0 Å². The number of allylic oxidation sites excluding steroid dienone is 2. The molecule has 1 saturated carbocycles. The van der Waals surface area contributed by atoms with Crippen LogP contribution in [0.15, 0.2) is 28.9 Å². The van der Waals surface area contributed by atoms with Gasteiger partial charge in [0.15, 0.2) is 0 Å². The molecule has 2 saturated heterocycles. The first-order valence-corrected chi connectivity index (χ1v) is 14.0. The molecule has 4 atom stereocenters. The van der Waals surface area contributed by atoms with Crippen molar-refractivity contribution in [3.63, 3.8) is 0 Å². The highest BCUT2D eigenvalue weighted by atomic mass is 16.5. The zero-order chi connectivity index (χ0) is 26.4. The number of phenols is 1. The monoisotopic (exact) mass is 505 g/mol. The van der Waals surface area contributed by atoms with E-state index in [0.29, 0.717) is 24.9 Å². The van der Waals surface area contributed by atoms with Crippen molar-refractivity contribution in [3.05, 3.63) is 45.5 Å². The van der Waals surface area contributed by atoms with E-state index >= 15 is 0 Å². The van der Waals surface area contributed by atoms with Gasteiger partial charge in [-0.3, -0.25) is 14.5 Å². The van der Waals surface area contributed by atoms with Crippen molar-refractivity contribution in [2.75, 3.05) is 0 Å². The van der Waals surface area contributed by atoms with E-state index in [2.05, 4.69) is 19.9 Å². The molecule has 37 heavy (non-hydrogen) atoms. The van der Waals surface area contributed by atoms with Crippen LogP contribution in [0.2, 0.25) is 6.32 Å². The highest BCUT2D eigenvalue weighted by Crippen LogP contribution is 2.51. The number of imide groups is 1. The Morgan fingerprint density at radius 1 is 1.08 bits per heavy atom. The third-order valence-corrected chi connectivity index (χ3v) is 9.15. The molecule has 0 bridgehead atoms. The summed E-state index contributed by atoms with van der Waals surface area (Å²) in [5, 5.41) is 20.8. The molecule has 198 valence electrons. The number of carbonyl (C=O) groups is 2. The number of phenolic OH excluding ortho intramolecular Hbond substituents is 1. The maximum absolute atomic E-state index is 13.7. The van der Waals surface area contributed by atoms with Gasteiger partial charge in [0.25, 0.3) is 0 Å². The molecule has 7 heteroatoms. The first-order valence-electron chi connectivity index (χ1n) is 14.0. The molecule has 2 aliphatic carbocycles. The van der Waals surface area contributed by atoms with Crippen molar-refractivity contribution in [1.82, 2.24) is 4.90 Å². The lowest BCUT2D eigenvalue weighted by Gasteiger charge is -2.42. The number of hydrogen-bond donors (Lipinski definition) is 2. The number of likely N-dealkylation sites (tertiary alicyclic amines) is 1. The van der Waals surface area contributed by atoms with Gasteiger partial charge in [-0.1, -0.05) is 36.5 Å². The molecule has 2 heterocycles. The molecule has 2 aliphatic heterocycles. The zero-order valence-corrected chi connectivity index (χ0v) is 22.6. The summed E-state index contributed by atoms with van der Waals surface area (Å²) in [5.74, 6) is -0.463. The van der Waals surface area contributed by atoms with Gasteiger partial charge in [0.05, 0.1) is 17.9 Å². The summed E-state index contributed by atoms with van der Waals surface area (Å²) in [6.45, 7) is 7.98. The van der Waals surface area contributed by atoms with E-state index in [1.807, 2.05) is 26.0 Å². The van der Waals surface area contributed by atoms with Gasteiger partial charge in [-0.25, -0.2) is 0 Å². The number of aryl methyl sites for hydroxylation is 2. The minimum Gasteiger partial charge on any atom is -0.507 e. The molecule has 3 fully saturated rings. The van der Waals surface area contributed by atoms with Crippen LogP contribution in [-0.2, 0) is 14.2 Å². The van der Waals surface area contributed by atoms with Gasteiger partial charge in [-0.15, -0.1) is 0 Å². The van der Waals surface area contributed by atoms with Crippen LogP contribution in [0.3, 0.4) is 0 Å². The highest BCUT2D eigenvalue weighted by Gasteiger charge is 2.57. The normalized spacial score (nSPS) is 29.2. The third-order valence-electron chi connectivity index (χ3n) is 9.15. The summed E-state index contributed by atoms with van der Waals surface area (Å²) >= 11 is 0. The second-order valence-corrected chi connectivity index (χ2v) is 11.9. The molecule has 1 aromatic rings. The molecular formula is C30H40BNO5. The van der Waals surface area contributed by atoms with Gasteiger partial charge >= 0.3 is 7.12 Å². The molecule has 0 radical (unpaired) electrons. The minimum atomic E-state index is -0.927. The molecule has 6 nitrogen and oxygen atoms in total. The van der Waals surface area contributed by atoms with Crippen LogP contribution < -0.4 is 0 Å². The highest BCUT2D eigenvalue weighted by molar-refractivity contribution is 6.43. The number of hydrogen-bond acceptors (Lipinski definition) is 5. The maximum atomic E-state index is 13.7. The molecule has 5 rings (SSSR count). The van der Waals surface area contributed by atoms with E-state index in [-0.39, 0.29) is 41.7 Å². The molecule has 1 aromatic carbocycles. The average Bonchev–Trinajstić information content (AvgIpc) is 3.10. The Bertz CT molecular complexity index is 1130. The standard InChI is InChI=1S/C30H40BNO5/c1-17(12-21-13-19(3)28(33)20(4)14-21)10-11-25-26-18(2)15-23-27(24(26)16-31(36)37-25)30(35)32(29(23)34)22-8-6-5-7-9-22/h12-14,22-25,27,33,36H,5-11,15-16H2,1-4H3/b17-12+/t23-,24+,25-,27-/m1/s1. The first-order chi connectivity index (χ1) is 17.7. The van der Waals surface area contributed by atoms with Crippen LogP contribution in [0.5, 0.6) is 5.75 Å². The Morgan fingerprint density at radius 3 is 2.43 bits per heavy atom. The van der Waals surface area contributed by atoms with E-state index in [0.717, 1.165) is 59.9 Å². The summed E-state index contributed by atoms with van der Waals surface area (Å²) in [6, 6.07) is 4.01. The predicted molar refractivity (Wildman–Crippen MR) is 145 cm³/mol. The van der Waals surface area contributed by atoms with Crippen LogP contribution in [0.25, 0.3) is 6.08 Å². The Balaban J connectivity index is 1.34. The Labute approximate surface area is 220 Å². The van der Waals surface area contributed by atoms with Crippen LogP contribution >= 0.6 is 0 Å². The molecule has 0 aromatic heterocycles. The molecule has 0 spiro atoms. The minimum absolute atomic E-state index is 0.0103. The number of nitrogens with zero attached hydrogens (tertiary/aromatic N) is 1. The van der Waals surface area contributed by atoms with Crippen LogP contribution in [0, 0.1) is 31.6 Å². The second-order valence-electron chi connectivity index (χ2n) is 11.9. The summed E-state index contributed by atoms with van der Waals surface area (Å²) in [7, 11) is -0.927. The SMILES string of the molecule is CC1=C2[C@@H](CC/C(C)=C/c3cc(C)c(O)c(C)c3)OB(O)C[C@@H]2[C@@H]2C(=O)N(C3CCCCC3)C(=O)[C@@H]2C1. The summed E-state index contributed by atoms with van der Waals surface area (Å²) in [4.78, 5) is 28.8. The summed E-state index contributed by atoms with van der Waals surface area (Å²) < 4.78 is 6.06. The number of rotatable bonds is 5. The number of fused-ring (bicyclic) bond motifs is 3. The van der Waals surface area contributed by atoms with Crippen molar-refractivity contribution in [2.45, 2.75) is 97.5 Å². The van der Waals surface area contributed by atoms with E-state index in [9.17, 15) is 19.7 Å².